The molecule has 19 heavy (non-hydrogen) atoms. The van der Waals surface area contributed by atoms with Crippen LogP contribution in [-0.2, 0) is 11.2 Å². The fraction of sp³-hybridized carbons (Fsp3) is 0.250. The SMILES string of the molecule is CC(C)c1ccccc1NC(=O)Cc1ccncc1. The number of carbonyl (C=O) groups is 1. The molecule has 0 bridgehead atoms. The zero-order chi connectivity index (χ0) is 13.7. The molecule has 1 aromatic heterocycles. The lowest BCUT2D eigenvalue weighted by atomic mass is 10.0. The third-order valence-corrected chi connectivity index (χ3v) is 2.97. The van der Waals surface area contributed by atoms with Crippen molar-refractivity contribution in [2.75, 3.05) is 5.32 Å². The predicted octanol–water partition coefficient (Wildman–Crippen LogP) is 3.39. The van der Waals surface area contributed by atoms with Gasteiger partial charge in [-0.25, -0.2) is 0 Å². The van der Waals surface area contributed by atoms with Crippen LogP contribution in [0.15, 0.2) is 48.8 Å². The molecular weight excluding hydrogens is 236 g/mol. The Morgan fingerprint density at radius 2 is 1.84 bits per heavy atom. The number of nitrogens with one attached hydrogen (secondary N) is 1. The molecule has 1 heterocycles. The summed E-state index contributed by atoms with van der Waals surface area (Å²) in [5.41, 5.74) is 3.02. The molecule has 0 atom stereocenters. The van der Waals surface area contributed by atoms with E-state index >= 15 is 0 Å². The van der Waals surface area contributed by atoms with Gasteiger partial charge in [-0.05, 0) is 35.2 Å². The van der Waals surface area contributed by atoms with E-state index in [9.17, 15) is 4.79 Å². The summed E-state index contributed by atoms with van der Waals surface area (Å²) in [4.78, 5) is 16.0. The van der Waals surface area contributed by atoms with E-state index in [-0.39, 0.29) is 5.91 Å². The van der Waals surface area contributed by atoms with Gasteiger partial charge in [0.25, 0.3) is 0 Å². The minimum atomic E-state index is -0.000648. The van der Waals surface area contributed by atoms with Crippen LogP contribution < -0.4 is 5.32 Å². The smallest absolute Gasteiger partial charge is 0.228 e. The van der Waals surface area contributed by atoms with Crippen molar-refractivity contribution in [1.29, 1.82) is 0 Å². The van der Waals surface area contributed by atoms with E-state index in [1.807, 2.05) is 36.4 Å². The summed E-state index contributed by atoms with van der Waals surface area (Å²) < 4.78 is 0. The van der Waals surface area contributed by atoms with Gasteiger partial charge in [0.1, 0.15) is 0 Å². The molecule has 2 aromatic rings. The van der Waals surface area contributed by atoms with Crippen LogP contribution in [0.1, 0.15) is 30.9 Å². The van der Waals surface area contributed by atoms with Gasteiger partial charge >= 0.3 is 0 Å². The summed E-state index contributed by atoms with van der Waals surface area (Å²) in [6.07, 6.45) is 3.77. The highest BCUT2D eigenvalue weighted by atomic mass is 16.1. The number of hydrogen-bond donors (Lipinski definition) is 1. The average Bonchev–Trinajstić information content (AvgIpc) is 2.40. The number of nitrogens with zero attached hydrogens (tertiary/aromatic N) is 1. The Hall–Kier alpha value is -2.16. The molecule has 3 heteroatoms. The summed E-state index contributed by atoms with van der Waals surface area (Å²) in [5, 5.41) is 2.98. The van der Waals surface area contributed by atoms with Crippen LogP contribution in [0.5, 0.6) is 0 Å². The molecule has 0 aliphatic heterocycles. The third kappa shape index (κ3) is 3.65. The molecule has 0 aliphatic rings. The summed E-state index contributed by atoms with van der Waals surface area (Å²) in [6, 6.07) is 11.6. The number of hydrogen-bond acceptors (Lipinski definition) is 2. The van der Waals surface area contributed by atoms with E-state index in [0.717, 1.165) is 16.8 Å². The van der Waals surface area contributed by atoms with Crippen molar-refractivity contribution < 1.29 is 4.79 Å². The van der Waals surface area contributed by atoms with Crippen LogP contribution in [0.3, 0.4) is 0 Å². The van der Waals surface area contributed by atoms with Crippen LogP contribution in [0.25, 0.3) is 0 Å². The number of carbonyl (C=O) groups excluding carboxylic acids is 1. The molecule has 0 radical (unpaired) electrons. The predicted molar refractivity (Wildman–Crippen MR) is 77.1 cm³/mol. The van der Waals surface area contributed by atoms with E-state index in [1.165, 1.54) is 0 Å². The van der Waals surface area contributed by atoms with E-state index in [0.29, 0.717) is 12.3 Å². The van der Waals surface area contributed by atoms with Gasteiger partial charge in [0, 0.05) is 18.1 Å². The van der Waals surface area contributed by atoms with Crippen LogP contribution in [0.4, 0.5) is 5.69 Å². The van der Waals surface area contributed by atoms with Crippen molar-refractivity contribution in [3.8, 4) is 0 Å². The molecule has 0 fully saturated rings. The molecule has 3 nitrogen and oxygen atoms in total. The number of pyridine rings is 1. The lowest BCUT2D eigenvalue weighted by Crippen LogP contribution is -2.15. The summed E-state index contributed by atoms with van der Waals surface area (Å²) in [7, 11) is 0. The van der Waals surface area contributed by atoms with E-state index in [2.05, 4.69) is 24.1 Å². The minimum Gasteiger partial charge on any atom is -0.326 e. The summed E-state index contributed by atoms with van der Waals surface area (Å²) in [5.74, 6) is 0.386. The number of anilines is 1. The first-order chi connectivity index (χ1) is 9.16. The Kier molecular flexibility index (Phi) is 4.29. The molecule has 0 saturated heterocycles. The normalized spacial score (nSPS) is 10.5. The Bertz CT molecular complexity index is 550. The van der Waals surface area contributed by atoms with Crippen LogP contribution in [0.2, 0.25) is 0 Å². The van der Waals surface area contributed by atoms with Gasteiger partial charge in [-0.1, -0.05) is 32.0 Å². The van der Waals surface area contributed by atoms with Crippen LogP contribution in [0, 0.1) is 0 Å². The van der Waals surface area contributed by atoms with E-state index in [4.69, 9.17) is 0 Å². The highest BCUT2D eigenvalue weighted by molar-refractivity contribution is 5.93. The summed E-state index contributed by atoms with van der Waals surface area (Å²) in [6.45, 7) is 4.24. The van der Waals surface area contributed by atoms with Crippen molar-refractivity contribution in [3.05, 3.63) is 59.9 Å². The van der Waals surface area contributed by atoms with Crippen LogP contribution in [-0.4, -0.2) is 10.9 Å². The molecule has 2 rings (SSSR count). The van der Waals surface area contributed by atoms with Gasteiger partial charge in [-0.2, -0.15) is 0 Å². The average molecular weight is 254 g/mol. The number of rotatable bonds is 4. The van der Waals surface area contributed by atoms with Crippen LogP contribution >= 0.6 is 0 Å². The van der Waals surface area contributed by atoms with Crippen molar-refractivity contribution in [1.82, 2.24) is 4.98 Å². The Morgan fingerprint density at radius 3 is 2.53 bits per heavy atom. The Labute approximate surface area is 113 Å². The molecule has 0 aliphatic carbocycles. The second-order valence-electron chi connectivity index (χ2n) is 4.82. The maximum atomic E-state index is 12.0. The molecular formula is C16H18N2O. The fourth-order valence-electron chi connectivity index (χ4n) is 1.99. The zero-order valence-corrected chi connectivity index (χ0v) is 11.3. The molecule has 0 saturated carbocycles. The maximum absolute atomic E-state index is 12.0. The first-order valence-electron chi connectivity index (χ1n) is 6.44. The first-order valence-corrected chi connectivity index (χ1v) is 6.44. The van der Waals surface area contributed by atoms with E-state index < -0.39 is 0 Å². The highest BCUT2D eigenvalue weighted by Gasteiger charge is 2.09. The molecule has 0 unspecified atom stereocenters. The quantitative estimate of drug-likeness (QED) is 0.908. The monoisotopic (exact) mass is 254 g/mol. The number of para-hydroxylation sites is 1. The largest absolute Gasteiger partial charge is 0.326 e. The van der Waals surface area contributed by atoms with Gasteiger partial charge in [-0.3, -0.25) is 9.78 Å². The lowest BCUT2D eigenvalue weighted by Gasteiger charge is -2.13. The molecule has 1 N–H and O–H groups in total. The second-order valence-corrected chi connectivity index (χ2v) is 4.82. The number of aromatic nitrogens is 1. The lowest BCUT2D eigenvalue weighted by molar-refractivity contribution is -0.115. The molecule has 98 valence electrons. The van der Waals surface area contributed by atoms with E-state index in [1.54, 1.807) is 12.4 Å². The zero-order valence-electron chi connectivity index (χ0n) is 11.3. The molecule has 1 amide bonds. The maximum Gasteiger partial charge on any atom is 0.228 e. The van der Waals surface area contributed by atoms with Crippen molar-refractivity contribution in [3.63, 3.8) is 0 Å². The third-order valence-electron chi connectivity index (χ3n) is 2.97. The van der Waals surface area contributed by atoms with Gasteiger partial charge in [0.15, 0.2) is 0 Å². The van der Waals surface area contributed by atoms with Gasteiger partial charge < -0.3 is 5.32 Å². The van der Waals surface area contributed by atoms with Gasteiger partial charge in [0.2, 0.25) is 5.91 Å². The minimum absolute atomic E-state index is 0.000648. The second kappa shape index (κ2) is 6.14. The molecule has 1 aromatic carbocycles. The highest BCUT2D eigenvalue weighted by Crippen LogP contribution is 2.23. The van der Waals surface area contributed by atoms with Crippen molar-refractivity contribution in [2.45, 2.75) is 26.2 Å². The van der Waals surface area contributed by atoms with Crippen molar-refractivity contribution in [2.24, 2.45) is 0 Å². The Balaban J connectivity index is 2.07. The van der Waals surface area contributed by atoms with Crippen molar-refractivity contribution >= 4 is 11.6 Å². The number of amides is 1. The summed E-state index contributed by atoms with van der Waals surface area (Å²) >= 11 is 0. The first kappa shape index (κ1) is 13.3. The fourth-order valence-corrected chi connectivity index (χ4v) is 1.99. The van der Waals surface area contributed by atoms with Gasteiger partial charge in [-0.15, -0.1) is 0 Å². The molecule has 0 spiro atoms. The Morgan fingerprint density at radius 1 is 1.16 bits per heavy atom. The standard InChI is InChI=1S/C16H18N2O/c1-12(2)14-5-3-4-6-15(14)18-16(19)11-13-7-9-17-10-8-13/h3-10,12H,11H2,1-2H3,(H,18,19). The van der Waals surface area contributed by atoms with Gasteiger partial charge in [0.05, 0.1) is 6.42 Å². The topological polar surface area (TPSA) is 42.0 Å². The number of benzene rings is 1.